The molecular weight excluding hydrogens is 394 g/mol. The highest BCUT2D eigenvalue weighted by atomic mass is 16.5. The predicted octanol–water partition coefficient (Wildman–Crippen LogP) is 2.46. The molecule has 1 aromatic heterocycles. The monoisotopic (exact) mass is 427 g/mol. The first kappa shape index (κ1) is 21.9. The fourth-order valence-corrected chi connectivity index (χ4v) is 4.36. The molecule has 2 aliphatic rings. The standard InChI is InChI=1S/C24H33N3O4/c28-21(18-25-10-4-1-5-11-25)19-31-22-8-3-2-7-20(22)17-26-12-14-27(15-13-26)24(29)23-9-6-16-30-23/h2-3,6-9,16,21,28H,1,4-5,10-15,17-19H2. The number of likely N-dealkylation sites (tertiary alicyclic amines) is 1. The van der Waals surface area contributed by atoms with Crippen molar-refractivity contribution < 1.29 is 19.1 Å². The second-order valence-corrected chi connectivity index (χ2v) is 8.48. The summed E-state index contributed by atoms with van der Waals surface area (Å²) >= 11 is 0. The van der Waals surface area contributed by atoms with Crippen LogP contribution in [0.15, 0.2) is 47.1 Å². The normalized spacial score (nSPS) is 19.3. The number of β-amino-alcohol motifs (C(OH)–C–C–N with tert-alkyl or cyclic N) is 1. The minimum absolute atomic E-state index is 0.0453. The largest absolute Gasteiger partial charge is 0.491 e. The Labute approximate surface area is 184 Å². The fraction of sp³-hybridized carbons (Fsp3) is 0.542. The van der Waals surface area contributed by atoms with Gasteiger partial charge in [-0.2, -0.15) is 0 Å². The van der Waals surface area contributed by atoms with E-state index in [0.717, 1.165) is 44.0 Å². The van der Waals surface area contributed by atoms with Gasteiger partial charge in [0.15, 0.2) is 5.76 Å². The maximum absolute atomic E-state index is 12.4. The van der Waals surface area contributed by atoms with Crippen molar-refractivity contribution in [3.05, 3.63) is 54.0 Å². The summed E-state index contributed by atoms with van der Waals surface area (Å²) in [6, 6.07) is 11.5. The number of hydrogen-bond acceptors (Lipinski definition) is 6. The summed E-state index contributed by atoms with van der Waals surface area (Å²) in [7, 11) is 0. The minimum Gasteiger partial charge on any atom is -0.491 e. The Bertz CT molecular complexity index is 812. The number of aliphatic hydroxyl groups is 1. The summed E-state index contributed by atoms with van der Waals surface area (Å²) in [5, 5.41) is 10.4. The van der Waals surface area contributed by atoms with E-state index in [1.807, 2.05) is 23.1 Å². The zero-order chi connectivity index (χ0) is 21.5. The van der Waals surface area contributed by atoms with Gasteiger partial charge in [0, 0.05) is 44.8 Å². The molecule has 0 aliphatic carbocycles. The van der Waals surface area contributed by atoms with Crippen LogP contribution in [0.2, 0.25) is 0 Å². The smallest absolute Gasteiger partial charge is 0.289 e. The molecule has 1 N–H and O–H groups in total. The molecule has 7 heteroatoms. The number of furan rings is 1. The lowest BCUT2D eigenvalue weighted by atomic mass is 10.1. The van der Waals surface area contributed by atoms with Crippen LogP contribution in [-0.2, 0) is 6.54 Å². The van der Waals surface area contributed by atoms with Gasteiger partial charge in [-0.15, -0.1) is 0 Å². The van der Waals surface area contributed by atoms with Crippen LogP contribution in [0.1, 0.15) is 35.4 Å². The van der Waals surface area contributed by atoms with Crippen molar-refractivity contribution in [3.8, 4) is 5.75 Å². The Morgan fingerprint density at radius 1 is 0.968 bits per heavy atom. The molecular formula is C24H33N3O4. The second-order valence-electron chi connectivity index (χ2n) is 8.48. The minimum atomic E-state index is -0.484. The summed E-state index contributed by atoms with van der Waals surface area (Å²) in [5.74, 6) is 1.18. The number of piperidine rings is 1. The number of ether oxygens (including phenoxy) is 1. The summed E-state index contributed by atoms with van der Waals surface area (Å²) in [4.78, 5) is 18.9. The Balaban J connectivity index is 1.25. The third kappa shape index (κ3) is 6.09. The van der Waals surface area contributed by atoms with Crippen molar-refractivity contribution >= 4 is 5.91 Å². The van der Waals surface area contributed by atoms with E-state index in [1.54, 1.807) is 12.1 Å². The molecule has 0 bridgehead atoms. The lowest BCUT2D eigenvalue weighted by Crippen LogP contribution is -2.48. The lowest BCUT2D eigenvalue weighted by Gasteiger charge is -2.34. The maximum atomic E-state index is 12.4. The molecule has 3 heterocycles. The van der Waals surface area contributed by atoms with E-state index >= 15 is 0 Å². The van der Waals surface area contributed by atoms with Crippen LogP contribution < -0.4 is 4.74 Å². The Hall–Kier alpha value is -2.35. The summed E-state index contributed by atoms with van der Waals surface area (Å²) in [6.07, 6.45) is 4.78. The Kier molecular flexibility index (Phi) is 7.61. The maximum Gasteiger partial charge on any atom is 0.289 e. The number of rotatable bonds is 8. The van der Waals surface area contributed by atoms with Crippen LogP contribution in [0, 0.1) is 0 Å². The highest BCUT2D eigenvalue weighted by molar-refractivity contribution is 5.91. The average molecular weight is 428 g/mol. The van der Waals surface area contributed by atoms with E-state index in [2.05, 4.69) is 15.9 Å². The third-order valence-corrected chi connectivity index (χ3v) is 6.11. The second kappa shape index (κ2) is 10.8. The Morgan fingerprint density at radius 3 is 2.48 bits per heavy atom. The molecule has 1 atom stereocenters. The number of hydrogen-bond donors (Lipinski definition) is 1. The first-order valence-corrected chi connectivity index (χ1v) is 11.4. The predicted molar refractivity (Wildman–Crippen MR) is 118 cm³/mol. The summed E-state index contributed by atoms with van der Waals surface area (Å²) in [6.45, 7) is 6.85. The van der Waals surface area contributed by atoms with E-state index in [-0.39, 0.29) is 5.91 Å². The highest BCUT2D eigenvalue weighted by Gasteiger charge is 2.24. The molecule has 2 saturated heterocycles. The zero-order valence-electron chi connectivity index (χ0n) is 18.1. The molecule has 0 saturated carbocycles. The average Bonchev–Trinajstić information content (AvgIpc) is 3.34. The highest BCUT2D eigenvalue weighted by Crippen LogP contribution is 2.21. The number of amides is 1. The molecule has 2 aromatic rings. The van der Waals surface area contributed by atoms with Gasteiger partial charge in [0.05, 0.1) is 6.26 Å². The van der Waals surface area contributed by atoms with E-state index in [9.17, 15) is 9.90 Å². The third-order valence-electron chi connectivity index (χ3n) is 6.11. The van der Waals surface area contributed by atoms with E-state index in [4.69, 9.17) is 9.15 Å². The van der Waals surface area contributed by atoms with Gasteiger partial charge in [-0.25, -0.2) is 0 Å². The molecule has 2 aliphatic heterocycles. The molecule has 0 radical (unpaired) electrons. The van der Waals surface area contributed by atoms with Crippen LogP contribution in [-0.4, -0.2) is 84.2 Å². The SMILES string of the molecule is O=C(c1ccco1)N1CCN(Cc2ccccc2OCC(O)CN2CCCCC2)CC1. The van der Waals surface area contributed by atoms with Crippen molar-refractivity contribution in [2.75, 3.05) is 52.4 Å². The van der Waals surface area contributed by atoms with E-state index in [0.29, 0.717) is 32.0 Å². The van der Waals surface area contributed by atoms with Crippen LogP contribution in [0.3, 0.4) is 0 Å². The number of nitrogens with zero attached hydrogens (tertiary/aromatic N) is 3. The van der Waals surface area contributed by atoms with Gasteiger partial charge < -0.3 is 24.1 Å². The lowest BCUT2D eigenvalue weighted by molar-refractivity contribution is 0.0579. The number of benzene rings is 1. The summed E-state index contributed by atoms with van der Waals surface area (Å²) < 4.78 is 11.2. The van der Waals surface area contributed by atoms with Crippen molar-refractivity contribution in [3.63, 3.8) is 0 Å². The quantitative estimate of drug-likeness (QED) is 0.698. The number of para-hydroxylation sites is 1. The van der Waals surface area contributed by atoms with Crippen LogP contribution >= 0.6 is 0 Å². The van der Waals surface area contributed by atoms with Crippen molar-refractivity contribution in [2.24, 2.45) is 0 Å². The number of aliphatic hydroxyl groups excluding tert-OH is 1. The van der Waals surface area contributed by atoms with Gasteiger partial charge in [0.1, 0.15) is 18.5 Å². The number of carbonyl (C=O) groups is 1. The van der Waals surface area contributed by atoms with Gasteiger partial charge >= 0.3 is 0 Å². The number of carbonyl (C=O) groups excluding carboxylic acids is 1. The zero-order valence-corrected chi connectivity index (χ0v) is 18.1. The molecule has 1 aromatic carbocycles. The molecule has 168 valence electrons. The Morgan fingerprint density at radius 2 is 1.74 bits per heavy atom. The summed E-state index contributed by atoms with van der Waals surface area (Å²) in [5.41, 5.74) is 1.11. The molecule has 1 amide bonds. The van der Waals surface area contributed by atoms with Gasteiger partial charge in [-0.3, -0.25) is 9.69 Å². The molecule has 2 fully saturated rings. The fourth-order valence-electron chi connectivity index (χ4n) is 4.36. The van der Waals surface area contributed by atoms with Crippen molar-refractivity contribution in [2.45, 2.75) is 31.9 Å². The first-order valence-electron chi connectivity index (χ1n) is 11.4. The van der Waals surface area contributed by atoms with Crippen molar-refractivity contribution in [1.29, 1.82) is 0 Å². The molecule has 31 heavy (non-hydrogen) atoms. The van der Waals surface area contributed by atoms with Crippen LogP contribution in [0.25, 0.3) is 0 Å². The van der Waals surface area contributed by atoms with E-state index < -0.39 is 6.10 Å². The molecule has 1 unspecified atom stereocenters. The topological polar surface area (TPSA) is 69.4 Å². The van der Waals surface area contributed by atoms with Crippen molar-refractivity contribution in [1.82, 2.24) is 14.7 Å². The van der Waals surface area contributed by atoms with Crippen LogP contribution in [0.4, 0.5) is 0 Å². The first-order chi connectivity index (χ1) is 15.2. The van der Waals surface area contributed by atoms with Gasteiger partial charge in [-0.05, 0) is 44.1 Å². The molecule has 4 rings (SSSR count). The van der Waals surface area contributed by atoms with Crippen LogP contribution in [0.5, 0.6) is 5.75 Å². The number of piperazine rings is 1. The molecule has 7 nitrogen and oxygen atoms in total. The van der Waals surface area contributed by atoms with E-state index in [1.165, 1.54) is 25.5 Å². The van der Waals surface area contributed by atoms with Gasteiger partial charge in [0.25, 0.3) is 5.91 Å². The molecule has 0 spiro atoms. The van der Waals surface area contributed by atoms with Gasteiger partial charge in [0.2, 0.25) is 0 Å². The van der Waals surface area contributed by atoms with Gasteiger partial charge in [-0.1, -0.05) is 24.6 Å².